The lowest BCUT2D eigenvalue weighted by Crippen LogP contribution is -2.34. The quantitative estimate of drug-likeness (QED) is 0.458. The van der Waals surface area contributed by atoms with Crippen molar-refractivity contribution in [1.29, 1.82) is 0 Å². The van der Waals surface area contributed by atoms with Crippen LogP contribution in [0.5, 0.6) is 0 Å². The molecule has 4 rings (SSSR count). The Morgan fingerprint density at radius 2 is 1.92 bits per heavy atom. The van der Waals surface area contributed by atoms with Gasteiger partial charge in [0.05, 0.1) is 10.7 Å². The van der Waals surface area contributed by atoms with Crippen molar-refractivity contribution >= 4 is 34.4 Å². The number of para-hydroxylation sites is 1. The number of hydrogen-bond acceptors (Lipinski definition) is 2. The normalized spacial score (nSPS) is 14.9. The lowest BCUT2D eigenvalue weighted by molar-refractivity contribution is -0.647. The number of anilines is 1. The molecule has 0 saturated carbocycles. The van der Waals surface area contributed by atoms with Crippen LogP contribution in [0.1, 0.15) is 16.8 Å². The third-order valence-corrected chi connectivity index (χ3v) is 5.96. The summed E-state index contributed by atoms with van der Waals surface area (Å²) in [5.41, 5.74) is 6.38. The molecule has 1 aromatic heterocycles. The van der Waals surface area contributed by atoms with E-state index in [-0.39, 0.29) is 0 Å². The van der Waals surface area contributed by atoms with E-state index in [1.54, 1.807) is 0 Å². The Bertz CT molecular complexity index is 1050. The highest BCUT2D eigenvalue weighted by molar-refractivity contribution is 8.03. The van der Waals surface area contributed by atoms with Crippen molar-refractivity contribution in [2.45, 2.75) is 18.7 Å². The summed E-state index contributed by atoms with van der Waals surface area (Å²) < 4.78 is 2.30. The van der Waals surface area contributed by atoms with Crippen LogP contribution in [0.15, 0.2) is 71.1 Å². The fraction of sp³-hybridized carbons (Fsp3) is 0.174. The van der Waals surface area contributed by atoms with Crippen molar-refractivity contribution in [1.82, 2.24) is 0 Å². The second-order valence-electron chi connectivity index (χ2n) is 6.79. The molecule has 0 amide bonds. The fourth-order valence-electron chi connectivity index (χ4n) is 3.74. The van der Waals surface area contributed by atoms with E-state index >= 15 is 0 Å². The fourth-order valence-corrected chi connectivity index (χ4v) is 4.86. The summed E-state index contributed by atoms with van der Waals surface area (Å²) in [4.78, 5) is 3.63. The first-order valence-electron chi connectivity index (χ1n) is 8.85. The lowest BCUT2D eigenvalue weighted by Gasteiger charge is -2.18. The largest absolute Gasteiger partial charge is 0.331 e. The number of fused-ring (bicyclic) bond motifs is 2. The van der Waals surface area contributed by atoms with Crippen molar-refractivity contribution in [3.8, 4) is 0 Å². The van der Waals surface area contributed by atoms with E-state index in [0.717, 1.165) is 6.54 Å². The Kier molecular flexibility index (Phi) is 4.33. The molecule has 0 fully saturated rings. The maximum Gasteiger partial charge on any atom is 0.215 e. The molecular weight excluding hydrogens is 336 g/mol. The lowest BCUT2D eigenvalue weighted by atomic mass is 10.1. The molecule has 0 unspecified atom stereocenters. The molecule has 0 spiro atoms. The van der Waals surface area contributed by atoms with E-state index in [9.17, 15) is 0 Å². The highest BCUT2D eigenvalue weighted by Crippen LogP contribution is 2.46. The maximum absolute atomic E-state index is 3.93. The number of aromatic nitrogens is 1. The molecule has 1 aliphatic rings. The van der Waals surface area contributed by atoms with E-state index in [2.05, 4.69) is 91.5 Å². The van der Waals surface area contributed by atoms with E-state index in [1.165, 1.54) is 43.3 Å². The average molecular weight is 360 g/mol. The van der Waals surface area contributed by atoms with Crippen molar-refractivity contribution in [2.75, 3.05) is 11.4 Å². The first kappa shape index (κ1) is 16.9. The Hall–Kier alpha value is -2.52. The Balaban J connectivity index is 1.84. The van der Waals surface area contributed by atoms with Gasteiger partial charge in [0, 0.05) is 34.5 Å². The molecular formula is C23H23N2S+. The topological polar surface area (TPSA) is 7.12 Å². The molecule has 1 aliphatic heterocycles. The molecule has 3 aromatic rings. The second kappa shape index (κ2) is 6.65. The molecule has 0 bridgehead atoms. The van der Waals surface area contributed by atoms with Crippen LogP contribution in [0.2, 0.25) is 0 Å². The van der Waals surface area contributed by atoms with Gasteiger partial charge >= 0.3 is 0 Å². The van der Waals surface area contributed by atoms with Crippen LogP contribution >= 0.6 is 11.8 Å². The summed E-state index contributed by atoms with van der Waals surface area (Å²) in [6, 6.07) is 17.5. The summed E-state index contributed by atoms with van der Waals surface area (Å²) >= 11 is 1.83. The highest BCUT2D eigenvalue weighted by Gasteiger charge is 2.25. The molecule has 2 heterocycles. The van der Waals surface area contributed by atoms with Gasteiger partial charge in [0.1, 0.15) is 7.05 Å². The summed E-state index contributed by atoms with van der Waals surface area (Å²) in [6.07, 6.45) is 4.25. The van der Waals surface area contributed by atoms with Gasteiger partial charge in [-0.2, -0.15) is 4.57 Å². The molecule has 0 N–H and O–H groups in total. The monoisotopic (exact) mass is 359 g/mol. The van der Waals surface area contributed by atoms with Gasteiger partial charge < -0.3 is 4.90 Å². The van der Waals surface area contributed by atoms with Gasteiger partial charge in [0.25, 0.3) is 0 Å². The van der Waals surface area contributed by atoms with Crippen LogP contribution in [0.4, 0.5) is 5.69 Å². The third kappa shape index (κ3) is 2.82. The van der Waals surface area contributed by atoms with Crippen LogP contribution in [0.3, 0.4) is 0 Å². The molecule has 0 atom stereocenters. The van der Waals surface area contributed by atoms with E-state index in [1.807, 2.05) is 17.8 Å². The van der Waals surface area contributed by atoms with Crippen LogP contribution < -0.4 is 9.47 Å². The van der Waals surface area contributed by atoms with E-state index in [4.69, 9.17) is 0 Å². The molecule has 130 valence electrons. The summed E-state index contributed by atoms with van der Waals surface area (Å²) in [6.45, 7) is 9.09. The average Bonchev–Trinajstić information content (AvgIpc) is 2.95. The molecule has 26 heavy (non-hydrogen) atoms. The first-order chi connectivity index (χ1) is 12.6. The number of thioether (sulfide) groups is 1. The minimum Gasteiger partial charge on any atom is -0.331 e. The summed E-state index contributed by atoms with van der Waals surface area (Å²) in [5.74, 6) is 0. The maximum atomic E-state index is 3.93. The zero-order valence-corrected chi connectivity index (χ0v) is 16.3. The Labute approximate surface area is 159 Å². The zero-order chi connectivity index (χ0) is 18.3. The zero-order valence-electron chi connectivity index (χ0n) is 15.5. The molecule has 2 aromatic carbocycles. The number of nitrogens with zero attached hydrogens (tertiary/aromatic N) is 2. The highest BCUT2D eigenvalue weighted by atomic mass is 32.2. The Morgan fingerprint density at radius 3 is 2.73 bits per heavy atom. The first-order valence-corrected chi connectivity index (χ1v) is 9.67. The van der Waals surface area contributed by atoms with Gasteiger partial charge in [-0.25, -0.2) is 0 Å². The minimum absolute atomic E-state index is 0.811. The minimum atomic E-state index is 0.811. The number of aryl methyl sites for hydroxylation is 3. The van der Waals surface area contributed by atoms with Crippen LogP contribution in [0, 0.1) is 13.8 Å². The van der Waals surface area contributed by atoms with Crippen LogP contribution in [0.25, 0.3) is 17.0 Å². The molecule has 3 heteroatoms. The predicted octanol–water partition coefficient (Wildman–Crippen LogP) is 5.38. The molecule has 2 nitrogen and oxygen atoms in total. The number of benzene rings is 2. The molecule has 0 saturated heterocycles. The summed E-state index contributed by atoms with van der Waals surface area (Å²) in [5, 5.41) is 2.53. The van der Waals surface area contributed by atoms with E-state index in [0.29, 0.717) is 0 Å². The predicted molar refractivity (Wildman–Crippen MR) is 112 cm³/mol. The van der Waals surface area contributed by atoms with Gasteiger partial charge in [0.2, 0.25) is 11.2 Å². The number of pyridine rings is 1. The number of hydrogen-bond donors (Lipinski definition) is 0. The van der Waals surface area contributed by atoms with Crippen molar-refractivity contribution in [3.05, 3.63) is 83.0 Å². The van der Waals surface area contributed by atoms with Crippen LogP contribution in [-0.4, -0.2) is 6.54 Å². The smallest absolute Gasteiger partial charge is 0.215 e. The summed E-state index contributed by atoms with van der Waals surface area (Å²) in [7, 11) is 2.15. The van der Waals surface area contributed by atoms with Gasteiger partial charge in [-0.05, 0) is 49.7 Å². The SMILES string of the molecule is C=CCN1/C(=C/c2ccc3cc(C)cc(C)c3[n+]2C)Sc2ccccc21. The molecule has 0 radical (unpaired) electrons. The second-order valence-corrected chi connectivity index (χ2v) is 7.85. The van der Waals surface area contributed by atoms with Crippen molar-refractivity contribution in [2.24, 2.45) is 7.05 Å². The standard InChI is InChI=1S/C23H23N2S/c1-5-12-25-20-8-6-7-9-21(20)26-22(25)15-19-11-10-18-14-16(2)13-17(3)23(18)24(19)4/h5-11,13-15H,1,12H2,2-4H3/q+1. The number of rotatable bonds is 3. The van der Waals surface area contributed by atoms with Gasteiger partial charge in [-0.3, -0.25) is 0 Å². The Morgan fingerprint density at radius 1 is 1.12 bits per heavy atom. The van der Waals surface area contributed by atoms with E-state index < -0.39 is 0 Å². The molecule has 0 aliphatic carbocycles. The third-order valence-electron chi connectivity index (χ3n) is 4.85. The van der Waals surface area contributed by atoms with Gasteiger partial charge in [-0.15, -0.1) is 6.58 Å². The van der Waals surface area contributed by atoms with Crippen molar-refractivity contribution < 1.29 is 4.57 Å². The van der Waals surface area contributed by atoms with Crippen molar-refractivity contribution in [3.63, 3.8) is 0 Å². The van der Waals surface area contributed by atoms with Crippen LogP contribution in [-0.2, 0) is 7.05 Å². The van der Waals surface area contributed by atoms with Gasteiger partial charge in [-0.1, -0.05) is 30.0 Å². The van der Waals surface area contributed by atoms with Gasteiger partial charge in [0.15, 0.2) is 0 Å².